The first kappa shape index (κ1) is 15.7. The van der Waals surface area contributed by atoms with Crippen molar-refractivity contribution >= 4 is 12.1 Å². The van der Waals surface area contributed by atoms with Gasteiger partial charge in [-0.05, 0) is 20.8 Å². The lowest BCUT2D eigenvalue weighted by Gasteiger charge is -2.19. The molecular weight excluding hydrogens is 268 g/mol. The predicted octanol–water partition coefficient (Wildman–Crippen LogP) is 1.25. The van der Waals surface area contributed by atoms with Gasteiger partial charge >= 0.3 is 12.1 Å². The number of aromatic amines is 1. The minimum Gasteiger partial charge on any atom is -0.494 e. The van der Waals surface area contributed by atoms with Crippen LogP contribution in [-0.4, -0.2) is 39.4 Å². The third-order valence-electron chi connectivity index (χ3n) is 1.97. The lowest BCUT2D eigenvalue weighted by Crippen LogP contribution is -2.34. The third kappa shape index (κ3) is 5.51. The molecule has 20 heavy (non-hydrogen) atoms. The van der Waals surface area contributed by atoms with E-state index in [1.807, 2.05) is 0 Å². The van der Waals surface area contributed by atoms with E-state index < -0.39 is 23.5 Å². The van der Waals surface area contributed by atoms with Gasteiger partial charge in [0.25, 0.3) is 0 Å². The summed E-state index contributed by atoms with van der Waals surface area (Å²) in [5, 5.41) is 20.7. The minimum absolute atomic E-state index is 0.0327. The van der Waals surface area contributed by atoms with E-state index in [1.165, 1.54) is 0 Å². The smallest absolute Gasteiger partial charge is 0.407 e. The van der Waals surface area contributed by atoms with Crippen LogP contribution in [-0.2, 0) is 9.53 Å². The highest BCUT2D eigenvalue weighted by atomic mass is 16.6. The topological polar surface area (TPSA) is 121 Å². The fourth-order valence-corrected chi connectivity index (χ4v) is 1.24. The van der Waals surface area contributed by atoms with E-state index in [0.29, 0.717) is 0 Å². The van der Waals surface area contributed by atoms with Gasteiger partial charge in [-0.3, -0.25) is 9.78 Å². The third-order valence-corrected chi connectivity index (χ3v) is 1.97. The molecule has 8 nitrogen and oxygen atoms in total. The molecule has 0 bridgehead atoms. The van der Waals surface area contributed by atoms with Crippen molar-refractivity contribution < 1.29 is 29.3 Å². The van der Waals surface area contributed by atoms with Crippen LogP contribution in [0.1, 0.15) is 27.2 Å². The van der Waals surface area contributed by atoms with Crippen molar-refractivity contribution in [1.82, 2.24) is 10.3 Å². The van der Waals surface area contributed by atoms with Crippen LogP contribution in [0, 0.1) is 0 Å². The second kappa shape index (κ2) is 6.18. The number of aromatic hydroxyl groups is 2. The van der Waals surface area contributed by atoms with Crippen LogP contribution >= 0.6 is 0 Å². The molecular formula is C12H18N2O6. The number of H-pyrrole nitrogens is 1. The van der Waals surface area contributed by atoms with Gasteiger partial charge in [0, 0.05) is 12.6 Å². The molecule has 0 aliphatic rings. The summed E-state index contributed by atoms with van der Waals surface area (Å²) in [7, 11) is 0. The van der Waals surface area contributed by atoms with E-state index in [0.717, 1.165) is 6.07 Å². The zero-order chi connectivity index (χ0) is 15.3. The number of carbonyl (C=O) groups is 2. The molecule has 0 spiro atoms. The summed E-state index contributed by atoms with van der Waals surface area (Å²) in [6.45, 7) is 5.21. The molecule has 1 aromatic heterocycles. The summed E-state index contributed by atoms with van der Waals surface area (Å²) in [6.07, 6.45) is -0.739. The number of esters is 1. The molecule has 0 aromatic carbocycles. The van der Waals surface area contributed by atoms with E-state index in [2.05, 4.69) is 10.3 Å². The first-order valence-corrected chi connectivity index (χ1v) is 5.96. The Kier molecular flexibility index (Phi) is 4.84. The number of carbonyl (C=O) groups excluding carboxylic acids is 2. The van der Waals surface area contributed by atoms with Crippen LogP contribution in [0.4, 0.5) is 4.79 Å². The number of aromatic nitrogens is 1. The summed E-state index contributed by atoms with van der Waals surface area (Å²) < 4.78 is 9.76. The fraction of sp³-hybridized carbons (Fsp3) is 0.500. The van der Waals surface area contributed by atoms with Crippen molar-refractivity contribution in [3.63, 3.8) is 0 Å². The number of amides is 1. The molecule has 0 unspecified atom stereocenters. The van der Waals surface area contributed by atoms with Gasteiger partial charge in [-0.1, -0.05) is 0 Å². The Morgan fingerprint density at radius 1 is 1.35 bits per heavy atom. The van der Waals surface area contributed by atoms with Crippen molar-refractivity contribution in [2.75, 3.05) is 6.54 Å². The van der Waals surface area contributed by atoms with Gasteiger partial charge in [0.15, 0.2) is 11.6 Å². The first-order chi connectivity index (χ1) is 9.17. The average molecular weight is 286 g/mol. The molecule has 4 N–H and O–H groups in total. The summed E-state index contributed by atoms with van der Waals surface area (Å²) >= 11 is 0. The lowest BCUT2D eigenvalue weighted by atomic mass is 10.2. The SMILES string of the molecule is CC(C)(C)OC(=O)NCCC(=O)Oc1cc(O)[nH]c1O. The predicted molar refractivity (Wildman–Crippen MR) is 68.6 cm³/mol. The molecule has 1 aromatic rings. The molecule has 0 atom stereocenters. The minimum atomic E-state index is -0.671. The van der Waals surface area contributed by atoms with Gasteiger partial charge in [0.1, 0.15) is 5.60 Å². The molecule has 0 fully saturated rings. The number of rotatable bonds is 4. The largest absolute Gasteiger partial charge is 0.494 e. The highest BCUT2D eigenvalue weighted by molar-refractivity contribution is 5.74. The number of hydrogen-bond acceptors (Lipinski definition) is 6. The highest BCUT2D eigenvalue weighted by Gasteiger charge is 2.17. The molecule has 0 aliphatic carbocycles. The molecule has 0 saturated carbocycles. The van der Waals surface area contributed by atoms with Crippen LogP contribution in [0.3, 0.4) is 0 Å². The Hall–Kier alpha value is -2.38. The average Bonchev–Trinajstić information content (AvgIpc) is 2.54. The lowest BCUT2D eigenvalue weighted by molar-refractivity contribution is -0.134. The monoisotopic (exact) mass is 286 g/mol. The fourth-order valence-electron chi connectivity index (χ4n) is 1.24. The quantitative estimate of drug-likeness (QED) is 0.618. The highest BCUT2D eigenvalue weighted by Crippen LogP contribution is 2.29. The summed E-state index contributed by atoms with van der Waals surface area (Å²) in [5.74, 6) is -1.62. The van der Waals surface area contributed by atoms with Crippen molar-refractivity contribution in [2.24, 2.45) is 0 Å². The Balaban J connectivity index is 2.30. The molecule has 1 rings (SSSR count). The summed E-state index contributed by atoms with van der Waals surface area (Å²) in [4.78, 5) is 24.9. The maximum absolute atomic E-state index is 11.4. The molecule has 1 heterocycles. The summed E-state index contributed by atoms with van der Waals surface area (Å²) in [6, 6.07) is 1.06. The Labute approximate surface area is 115 Å². The van der Waals surface area contributed by atoms with E-state index >= 15 is 0 Å². The Morgan fingerprint density at radius 3 is 2.50 bits per heavy atom. The van der Waals surface area contributed by atoms with Crippen LogP contribution in [0.15, 0.2) is 6.07 Å². The van der Waals surface area contributed by atoms with Gasteiger partial charge in [0.05, 0.1) is 6.42 Å². The van der Waals surface area contributed by atoms with Gasteiger partial charge in [-0.15, -0.1) is 0 Å². The maximum atomic E-state index is 11.4. The Morgan fingerprint density at radius 2 is 2.00 bits per heavy atom. The number of ether oxygens (including phenoxy) is 2. The zero-order valence-corrected chi connectivity index (χ0v) is 11.5. The normalized spacial score (nSPS) is 10.9. The molecule has 0 saturated heterocycles. The molecule has 0 aliphatic heterocycles. The molecule has 1 amide bonds. The Bertz CT molecular complexity index is 489. The van der Waals surface area contributed by atoms with Gasteiger partial charge in [-0.2, -0.15) is 0 Å². The molecule has 8 heteroatoms. The van der Waals surface area contributed by atoms with Crippen molar-refractivity contribution in [3.05, 3.63) is 6.07 Å². The number of alkyl carbamates (subject to hydrolysis) is 1. The summed E-state index contributed by atoms with van der Waals surface area (Å²) in [5.41, 5.74) is -0.612. The second-order valence-electron chi connectivity index (χ2n) is 5.02. The van der Waals surface area contributed by atoms with Gasteiger partial charge < -0.3 is 25.0 Å². The molecule has 0 radical (unpaired) electrons. The van der Waals surface area contributed by atoms with E-state index in [9.17, 15) is 14.7 Å². The maximum Gasteiger partial charge on any atom is 0.407 e. The van der Waals surface area contributed by atoms with Crippen molar-refractivity contribution in [3.8, 4) is 17.5 Å². The number of hydrogen-bond donors (Lipinski definition) is 4. The van der Waals surface area contributed by atoms with Gasteiger partial charge in [0.2, 0.25) is 5.88 Å². The van der Waals surface area contributed by atoms with E-state index in [1.54, 1.807) is 20.8 Å². The van der Waals surface area contributed by atoms with Crippen LogP contribution in [0.2, 0.25) is 0 Å². The molecule has 112 valence electrons. The first-order valence-electron chi connectivity index (χ1n) is 5.96. The zero-order valence-electron chi connectivity index (χ0n) is 11.5. The van der Waals surface area contributed by atoms with Crippen molar-refractivity contribution in [2.45, 2.75) is 32.8 Å². The van der Waals surface area contributed by atoms with Crippen LogP contribution in [0.5, 0.6) is 17.5 Å². The van der Waals surface area contributed by atoms with Crippen molar-refractivity contribution in [1.29, 1.82) is 0 Å². The van der Waals surface area contributed by atoms with Gasteiger partial charge in [-0.25, -0.2) is 4.79 Å². The standard InChI is InChI=1S/C12H18N2O6/c1-12(2,3)20-11(18)13-5-4-9(16)19-7-6-8(15)14-10(7)17/h6,14-15,17H,4-5H2,1-3H3,(H,13,18). The van der Waals surface area contributed by atoms with E-state index in [4.69, 9.17) is 14.6 Å². The van der Waals surface area contributed by atoms with E-state index in [-0.39, 0.29) is 24.6 Å². The second-order valence-corrected chi connectivity index (χ2v) is 5.02. The van der Waals surface area contributed by atoms with Crippen LogP contribution < -0.4 is 10.1 Å². The number of nitrogens with one attached hydrogen (secondary N) is 2. The van der Waals surface area contributed by atoms with Crippen LogP contribution in [0.25, 0.3) is 0 Å².